The van der Waals surface area contributed by atoms with Crippen molar-refractivity contribution in [2.24, 2.45) is 0 Å². The van der Waals surface area contributed by atoms with Crippen molar-refractivity contribution in [1.82, 2.24) is 4.98 Å². The molecule has 0 aliphatic heterocycles. The van der Waals surface area contributed by atoms with Gasteiger partial charge in [0.25, 0.3) is 0 Å². The average Bonchev–Trinajstić information content (AvgIpc) is 2.98. The summed E-state index contributed by atoms with van der Waals surface area (Å²) in [4.78, 5) is 5.18. The highest BCUT2D eigenvalue weighted by molar-refractivity contribution is 7.15. The molecule has 3 rings (SSSR count). The van der Waals surface area contributed by atoms with Crippen LogP contribution in [0.3, 0.4) is 0 Å². The first-order valence-electron chi connectivity index (χ1n) is 7.26. The van der Waals surface area contributed by atoms with Crippen LogP contribution in [0.2, 0.25) is 4.47 Å². The molecule has 0 unspecified atom stereocenters. The van der Waals surface area contributed by atoms with Gasteiger partial charge in [0.1, 0.15) is 0 Å². The van der Waals surface area contributed by atoms with E-state index in [9.17, 15) is 0 Å². The number of hydrogen-bond acceptors (Lipinski definition) is 3. The number of nitrogens with zero attached hydrogens (tertiary/aromatic N) is 1. The minimum atomic E-state index is 0.591. The number of aryl methyl sites for hydroxylation is 2. The van der Waals surface area contributed by atoms with Crippen LogP contribution in [0.15, 0.2) is 60.8 Å². The minimum Gasteiger partial charge on any atom is -0.380 e. The molecule has 112 valence electrons. The number of halogens is 1. The predicted molar refractivity (Wildman–Crippen MR) is 94.7 cm³/mol. The fraction of sp³-hybridized carbons (Fsp3) is 0.167. The van der Waals surface area contributed by atoms with Gasteiger partial charge in [0, 0.05) is 16.8 Å². The van der Waals surface area contributed by atoms with Crippen LogP contribution in [-0.2, 0) is 19.4 Å². The highest BCUT2D eigenvalue weighted by atomic mass is 35.5. The lowest BCUT2D eigenvalue weighted by atomic mass is 10.0. The summed E-state index contributed by atoms with van der Waals surface area (Å²) in [5.74, 6) is 0. The zero-order chi connectivity index (χ0) is 15.2. The second kappa shape index (κ2) is 7.43. The molecule has 0 fully saturated rings. The summed E-state index contributed by atoms with van der Waals surface area (Å²) in [5.41, 5.74) is 3.86. The van der Waals surface area contributed by atoms with Crippen molar-refractivity contribution >= 4 is 28.6 Å². The second-order valence-corrected chi connectivity index (χ2v) is 6.81. The topological polar surface area (TPSA) is 24.9 Å². The monoisotopic (exact) mass is 328 g/mol. The SMILES string of the molecule is Clc1ncc(CNc2ccc(CCc3ccccc3)cc2)s1. The molecule has 0 saturated carbocycles. The summed E-state index contributed by atoms with van der Waals surface area (Å²) < 4.78 is 0.591. The summed E-state index contributed by atoms with van der Waals surface area (Å²) in [6.07, 6.45) is 3.95. The zero-order valence-electron chi connectivity index (χ0n) is 12.1. The van der Waals surface area contributed by atoms with Crippen molar-refractivity contribution in [2.75, 3.05) is 5.32 Å². The van der Waals surface area contributed by atoms with Crippen LogP contribution in [0, 0.1) is 0 Å². The van der Waals surface area contributed by atoms with Crippen LogP contribution in [-0.4, -0.2) is 4.98 Å². The molecule has 0 atom stereocenters. The lowest BCUT2D eigenvalue weighted by Crippen LogP contribution is -1.98. The van der Waals surface area contributed by atoms with E-state index in [-0.39, 0.29) is 0 Å². The molecule has 0 bridgehead atoms. The van der Waals surface area contributed by atoms with E-state index in [0.717, 1.165) is 30.0 Å². The quantitative estimate of drug-likeness (QED) is 0.673. The van der Waals surface area contributed by atoms with Crippen molar-refractivity contribution in [3.63, 3.8) is 0 Å². The third-order valence-corrected chi connectivity index (χ3v) is 4.61. The van der Waals surface area contributed by atoms with E-state index >= 15 is 0 Å². The van der Waals surface area contributed by atoms with E-state index in [4.69, 9.17) is 11.6 Å². The van der Waals surface area contributed by atoms with Gasteiger partial charge < -0.3 is 5.32 Å². The number of hydrogen-bond donors (Lipinski definition) is 1. The van der Waals surface area contributed by atoms with Gasteiger partial charge >= 0.3 is 0 Å². The fourth-order valence-electron chi connectivity index (χ4n) is 2.28. The minimum absolute atomic E-state index is 0.591. The Labute approximate surface area is 139 Å². The Morgan fingerprint density at radius 3 is 2.23 bits per heavy atom. The maximum absolute atomic E-state index is 5.83. The third kappa shape index (κ3) is 4.33. The molecule has 1 aromatic heterocycles. The number of rotatable bonds is 6. The molecule has 2 nitrogen and oxygen atoms in total. The first-order valence-corrected chi connectivity index (χ1v) is 8.46. The smallest absolute Gasteiger partial charge is 0.183 e. The summed E-state index contributed by atoms with van der Waals surface area (Å²) in [7, 11) is 0. The molecule has 0 amide bonds. The Hall–Kier alpha value is -1.84. The highest BCUT2D eigenvalue weighted by Crippen LogP contribution is 2.19. The maximum atomic E-state index is 5.83. The van der Waals surface area contributed by atoms with E-state index in [0.29, 0.717) is 4.47 Å². The average molecular weight is 329 g/mol. The largest absolute Gasteiger partial charge is 0.380 e. The van der Waals surface area contributed by atoms with E-state index in [1.54, 1.807) is 0 Å². The first-order chi connectivity index (χ1) is 10.8. The normalized spacial score (nSPS) is 10.6. The molecular formula is C18H17ClN2S. The Morgan fingerprint density at radius 1 is 0.909 bits per heavy atom. The fourth-order valence-corrected chi connectivity index (χ4v) is 3.19. The summed E-state index contributed by atoms with van der Waals surface area (Å²) in [5, 5.41) is 3.39. The molecular weight excluding hydrogens is 312 g/mol. The van der Waals surface area contributed by atoms with Crippen molar-refractivity contribution in [1.29, 1.82) is 0 Å². The van der Waals surface area contributed by atoms with Crippen molar-refractivity contribution in [3.8, 4) is 0 Å². The van der Waals surface area contributed by atoms with Gasteiger partial charge in [0.2, 0.25) is 0 Å². The highest BCUT2D eigenvalue weighted by Gasteiger charge is 2.00. The van der Waals surface area contributed by atoms with Crippen LogP contribution >= 0.6 is 22.9 Å². The van der Waals surface area contributed by atoms with Gasteiger partial charge in [-0.3, -0.25) is 0 Å². The molecule has 1 heterocycles. The Bertz CT molecular complexity index is 707. The molecule has 1 N–H and O–H groups in total. The van der Waals surface area contributed by atoms with Gasteiger partial charge in [0.15, 0.2) is 4.47 Å². The van der Waals surface area contributed by atoms with Crippen molar-refractivity contribution < 1.29 is 0 Å². The van der Waals surface area contributed by atoms with Gasteiger partial charge in [-0.05, 0) is 36.1 Å². The van der Waals surface area contributed by atoms with E-state index in [1.807, 2.05) is 6.20 Å². The van der Waals surface area contributed by atoms with Crippen LogP contribution in [0.4, 0.5) is 5.69 Å². The molecule has 22 heavy (non-hydrogen) atoms. The van der Waals surface area contributed by atoms with E-state index in [2.05, 4.69) is 64.9 Å². The molecule has 0 aliphatic carbocycles. The van der Waals surface area contributed by atoms with Gasteiger partial charge in [-0.15, -0.1) is 11.3 Å². The van der Waals surface area contributed by atoms with Crippen LogP contribution in [0.5, 0.6) is 0 Å². The molecule has 0 radical (unpaired) electrons. The molecule has 0 aliphatic rings. The lowest BCUT2D eigenvalue weighted by molar-refractivity contribution is 0.960. The van der Waals surface area contributed by atoms with Crippen LogP contribution in [0.25, 0.3) is 0 Å². The maximum Gasteiger partial charge on any atom is 0.183 e. The van der Waals surface area contributed by atoms with Crippen LogP contribution in [0.1, 0.15) is 16.0 Å². The Kier molecular flexibility index (Phi) is 5.09. The third-order valence-electron chi connectivity index (χ3n) is 3.49. The number of benzene rings is 2. The molecule has 2 aromatic carbocycles. The molecule has 4 heteroatoms. The first kappa shape index (κ1) is 15.1. The lowest BCUT2D eigenvalue weighted by Gasteiger charge is -2.06. The van der Waals surface area contributed by atoms with Gasteiger partial charge in [0.05, 0.1) is 6.54 Å². The van der Waals surface area contributed by atoms with Gasteiger partial charge in [-0.1, -0.05) is 54.1 Å². The number of aromatic nitrogens is 1. The standard InChI is InChI=1S/C18H17ClN2S/c19-18-21-13-17(22-18)12-20-16-10-8-15(9-11-16)7-6-14-4-2-1-3-5-14/h1-5,8-11,13,20H,6-7,12H2. The second-order valence-electron chi connectivity index (χ2n) is 5.12. The molecule has 0 spiro atoms. The predicted octanol–water partition coefficient (Wildman–Crippen LogP) is 5.19. The van der Waals surface area contributed by atoms with Crippen molar-refractivity contribution in [2.45, 2.75) is 19.4 Å². The van der Waals surface area contributed by atoms with Gasteiger partial charge in [-0.2, -0.15) is 0 Å². The molecule has 0 saturated heterocycles. The zero-order valence-corrected chi connectivity index (χ0v) is 13.7. The number of nitrogens with one attached hydrogen (secondary N) is 1. The van der Waals surface area contributed by atoms with Crippen LogP contribution < -0.4 is 5.32 Å². The number of thiazole rings is 1. The number of anilines is 1. The van der Waals surface area contributed by atoms with Crippen molar-refractivity contribution in [3.05, 3.63) is 81.3 Å². The Morgan fingerprint density at radius 2 is 1.59 bits per heavy atom. The summed E-state index contributed by atoms with van der Waals surface area (Å²) in [6, 6.07) is 19.2. The molecule has 3 aromatic rings. The summed E-state index contributed by atoms with van der Waals surface area (Å²) >= 11 is 7.34. The van der Waals surface area contributed by atoms with E-state index < -0.39 is 0 Å². The van der Waals surface area contributed by atoms with Gasteiger partial charge in [-0.25, -0.2) is 4.98 Å². The Balaban J connectivity index is 1.51. The summed E-state index contributed by atoms with van der Waals surface area (Å²) in [6.45, 7) is 0.758. The van der Waals surface area contributed by atoms with E-state index in [1.165, 1.54) is 22.5 Å².